The molecule has 0 aliphatic heterocycles. The summed E-state index contributed by atoms with van der Waals surface area (Å²) in [6.07, 6.45) is 3.97. The Morgan fingerprint density at radius 1 is 1.33 bits per heavy atom. The summed E-state index contributed by atoms with van der Waals surface area (Å²) in [5.74, 6) is -0.0453. The molecule has 1 aromatic rings. The highest BCUT2D eigenvalue weighted by molar-refractivity contribution is 5.78. The third-order valence-electron chi connectivity index (χ3n) is 4.19. The number of hydrogen-bond donors (Lipinski definition) is 2. The standard InChI is InChI=1S/C15H24N4O2/c1-10(19(2)3)9-16-14(20)8-13-11-6-4-5-7-12(11)15(21)18-17-13/h10H,4-9H2,1-3H3,(H,16,20)(H,18,21). The van der Waals surface area contributed by atoms with Gasteiger partial charge >= 0.3 is 0 Å². The van der Waals surface area contributed by atoms with Crippen molar-refractivity contribution in [2.75, 3.05) is 20.6 Å². The van der Waals surface area contributed by atoms with Gasteiger partial charge in [0.15, 0.2) is 0 Å². The first kappa shape index (κ1) is 15.7. The number of carbonyl (C=O) groups is 1. The van der Waals surface area contributed by atoms with Crippen LogP contribution < -0.4 is 10.9 Å². The second-order valence-corrected chi connectivity index (χ2v) is 5.96. The number of rotatable bonds is 5. The first-order valence-corrected chi connectivity index (χ1v) is 7.51. The molecule has 0 spiro atoms. The van der Waals surface area contributed by atoms with Crippen LogP contribution in [0.2, 0.25) is 0 Å². The highest BCUT2D eigenvalue weighted by Gasteiger charge is 2.19. The monoisotopic (exact) mass is 292 g/mol. The fraction of sp³-hybridized carbons (Fsp3) is 0.667. The Labute approximate surface area is 124 Å². The maximum absolute atomic E-state index is 12.0. The quantitative estimate of drug-likeness (QED) is 0.816. The first-order chi connectivity index (χ1) is 9.99. The molecule has 1 aromatic heterocycles. The fourth-order valence-electron chi connectivity index (χ4n) is 2.53. The minimum absolute atomic E-state index is 0.0453. The van der Waals surface area contributed by atoms with Gasteiger partial charge in [-0.1, -0.05) is 0 Å². The molecule has 1 amide bonds. The van der Waals surface area contributed by atoms with Gasteiger partial charge in [-0.2, -0.15) is 5.10 Å². The number of nitrogens with one attached hydrogen (secondary N) is 2. The predicted molar refractivity (Wildman–Crippen MR) is 81.4 cm³/mol. The number of nitrogens with zero attached hydrogens (tertiary/aromatic N) is 2. The zero-order chi connectivity index (χ0) is 15.4. The lowest BCUT2D eigenvalue weighted by atomic mass is 9.91. The molecule has 1 unspecified atom stereocenters. The van der Waals surface area contributed by atoms with Crippen molar-refractivity contribution in [3.63, 3.8) is 0 Å². The van der Waals surface area contributed by atoms with Gasteiger partial charge in [-0.15, -0.1) is 0 Å². The summed E-state index contributed by atoms with van der Waals surface area (Å²) < 4.78 is 0. The van der Waals surface area contributed by atoms with Crippen molar-refractivity contribution in [2.24, 2.45) is 0 Å². The van der Waals surface area contributed by atoms with Gasteiger partial charge in [0.1, 0.15) is 0 Å². The molecule has 0 aromatic carbocycles. The lowest BCUT2D eigenvalue weighted by molar-refractivity contribution is -0.120. The summed E-state index contributed by atoms with van der Waals surface area (Å²) in [6, 6.07) is 0.284. The number of amides is 1. The van der Waals surface area contributed by atoms with E-state index in [4.69, 9.17) is 0 Å². The molecule has 0 radical (unpaired) electrons. The van der Waals surface area contributed by atoms with Crippen LogP contribution in [-0.4, -0.2) is 47.7 Å². The molecule has 1 aliphatic rings. The highest BCUT2D eigenvalue weighted by atomic mass is 16.1. The van der Waals surface area contributed by atoms with E-state index in [9.17, 15) is 9.59 Å². The van der Waals surface area contributed by atoms with Crippen LogP contribution in [0.4, 0.5) is 0 Å². The second-order valence-electron chi connectivity index (χ2n) is 5.96. The molecular weight excluding hydrogens is 268 g/mol. The minimum atomic E-state index is -0.102. The summed E-state index contributed by atoms with van der Waals surface area (Å²) in [5.41, 5.74) is 2.43. The molecule has 1 aliphatic carbocycles. The third kappa shape index (κ3) is 3.91. The molecule has 6 nitrogen and oxygen atoms in total. The van der Waals surface area contributed by atoms with Crippen LogP contribution in [0, 0.1) is 0 Å². The smallest absolute Gasteiger partial charge is 0.267 e. The van der Waals surface area contributed by atoms with E-state index in [1.807, 2.05) is 14.1 Å². The van der Waals surface area contributed by atoms with E-state index in [1.165, 1.54) is 0 Å². The van der Waals surface area contributed by atoms with Gasteiger partial charge in [-0.25, -0.2) is 5.10 Å². The van der Waals surface area contributed by atoms with E-state index >= 15 is 0 Å². The topological polar surface area (TPSA) is 78.1 Å². The predicted octanol–water partition coefficient (Wildman–Crippen LogP) is 0.258. The molecule has 0 saturated heterocycles. The molecule has 0 bridgehead atoms. The number of aromatic nitrogens is 2. The molecular formula is C15H24N4O2. The van der Waals surface area contributed by atoms with Crippen molar-refractivity contribution in [3.05, 3.63) is 27.2 Å². The van der Waals surface area contributed by atoms with Crippen molar-refractivity contribution < 1.29 is 4.79 Å². The van der Waals surface area contributed by atoms with E-state index in [1.54, 1.807) is 0 Å². The average molecular weight is 292 g/mol. The van der Waals surface area contributed by atoms with E-state index in [0.29, 0.717) is 6.54 Å². The SMILES string of the molecule is CC(CNC(=O)Cc1n[nH]c(=O)c2c1CCCC2)N(C)C. The van der Waals surface area contributed by atoms with Gasteiger partial charge < -0.3 is 10.2 Å². The Morgan fingerprint density at radius 3 is 2.67 bits per heavy atom. The zero-order valence-electron chi connectivity index (χ0n) is 13.0. The molecule has 2 rings (SSSR count). The lowest BCUT2D eigenvalue weighted by Gasteiger charge is -2.20. The van der Waals surface area contributed by atoms with E-state index in [2.05, 4.69) is 27.3 Å². The molecule has 0 saturated carbocycles. The maximum atomic E-state index is 12.0. The second kappa shape index (κ2) is 6.85. The van der Waals surface area contributed by atoms with Crippen LogP contribution >= 0.6 is 0 Å². The van der Waals surface area contributed by atoms with Gasteiger partial charge in [0.2, 0.25) is 5.91 Å². The van der Waals surface area contributed by atoms with Crippen molar-refractivity contribution in [2.45, 2.75) is 45.1 Å². The molecule has 1 atom stereocenters. The van der Waals surface area contributed by atoms with Crippen molar-refractivity contribution >= 4 is 5.91 Å². The maximum Gasteiger partial charge on any atom is 0.267 e. The average Bonchev–Trinajstić information content (AvgIpc) is 2.48. The van der Waals surface area contributed by atoms with Crippen LogP contribution in [0.15, 0.2) is 4.79 Å². The van der Waals surface area contributed by atoms with Crippen molar-refractivity contribution in [3.8, 4) is 0 Å². The Hall–Kier alpha value is -1.69. The number of carbonyl (C=O) groups excluding carboxylic acids is 1. The molecule has 2 N–H and O–H groups in total. The van der Waals surface area contributed by atoms with Crippen LogP contribution in [0.3, 0.4) is 0 Å². The van der Waals surface area contributed by atoms with E-state index in [-0.39, 0.29) is 23.9 Å². The minimum Gasteiger partial charge on any atom is -0.354 e. The summed E-state index contributed by atoms with van der Waals surface area (Å²) in [5, 5.41) is 9.53. The van der Waals surface area contributed by atoms with Crippen LogP contribution in [0.1, 0.15) is 36.6 Å². The first-order valence-electron chi connectivity index (χ1n) is 7.51. The Kier molecular flexibility index (Phi) is 5.12. The number of H-pyrrole nitrogens is 1. The van der Waals surface area contributed by atoms with Gasteiger partial charge in [0.25, 0.3) is 5.56 Å². The van der Waals surface area contributed by atoms with Gasteiger partial charge in [0, 0.05) is 18.2 Å². The lowest BCUT2D eigenvalue weighted by Crippen LogP contribution is -2.39. The van der Waals surface area contributed by atoms with Crippen LogP contribution in [0.25, 0.3) is 0 Å². The Balaban J connectivity index is 2.03. The summed E-state index contributed by atoms with van der Waals surface area (Å²) in [4.78, 5) is 25.9. The van der Waals surface area contributed by atoms with Gasteiger partial charge in [-0.05, 0) is 52.3 Å². The summed E-state index contributed by atoms with van der Waals surface area (Å²) >= 11 is 0. The van der Waals surface area contributed by atoms with Crippen molar-refractivity contribution in [1.82, 2.24) is 20.4 Å². The molecule has 21 heavy (non-hydrogen) atoms. The van der Waals surface area contributed by atoms with Crippen LogP contribution in [0.5, 0.6) is 0 Å². The Bertz CT molecular complexity index is 565. The largest absolute Gasteiger partial charge is 0.354 e. The van der Waals surface area contributed by atoms with E-state index in [0.717, 1.165) is 42.5 Å². The normalized spacial score (nSPS) is 15.6. The Morgan fingerprint density at radius 2 is 2.00 bits per heavy atom. The number of hydrogen-bond acceptors (Lipinski definition) is 4. The third-order valence-corrected chi connectivity index (χ3v) is 4.19. The van der Waals surface area contributed by atoms with Crippen LogP contribution in [-0.2, 0) is 24.1 Å². The summed E-state index contributed by atoms with van der Waals surface area (Å²) in [6.45, 7) is 2.66. The van der Waals surface area contributed by atoms with Gasteiger partial charge in [0.05, 0.1) is 12.1 Å². The molecule has 0 fully saturated rings. The number of fused-ring (bicyclic) bond motifs is 1. The number of aromatic amines is 1. The zero-order valence-corrected chi connectivity index (χ0v) is 13.0. The molecule has 1 heterocycles. The fourth-order valence-corrected chi connectivity index (χ4v) is 2.53. The highest BCUT2D eigenvalue weighted by Crippen LogP contribution is 2.20. The molecule has 116 valence electrons. The van der Waals surface area contributed by atoms with E-state index < -0.39 is 0 Å². The molecule has 6 heteroatoms. The summed E-state index contributed by atoms with van der Waals surface area (Å²) in [7, 11) is 3.97. The number of likely N-dealkylation sites (N-methyl/N-ethyl adjacent to an activating group) is 1. The van der Waals surface area contributed by atoms with Crippen molar-refractivity contribution in [1.29, 1.82) is 0 Å². The van der Waals surface area contributed by atoms with Gasteiger partial charge in [-0.3, -0.25) is 9.59 Å².